The molecule has 36 heavy (non-hydrogen) atoms. The number of rotatable bonds is 5. The number of alkyl halides is 3. The molecule has 1 aromatic carbocycles. The number of hydrogen-bond acceptors (Lipinski definition) is 4. The molecule has 0 bridgehead atoms. The second kappa shape index (κ2) is 10.2. The molecule has 0 N–H and O–H groups in total. The predicted octanol–water partition coefficient (Wildman–Crippen LogP) is 5.21. The zero-order valence-electron chi connectivity index (χ0n) is 21.9. The Bertz CT molecular complexity index is 1190. The molecule has 1 saturated heterocycles. The average Bonchev–Trinajstić information content (AvgIpc) is 3.35. The van der Waals surface area contributed by atoms with Crippen molar-refractivity contribution in [3.8, 4) is 0 Å². The fourth-order valence-corrected chi connectivity index (χ4v) is 4.00. The van der Waals surface area contributed by atoms with Gasteiger partial charge in [0.05, 0.1) is 30.0 Å². The first kappa shape index (κ1) is 27.7. The molecule has 198 valence electrons. The van der Waals surface area contributed by atoms with Crippen molar-refractivity contribution in [1.29, 1.82) is 0 Å². The Kier molecular flexibility index (Phi) is 7.88. The summed E-state index contributed by atoms with van der Waals surface area (Å²) in [5.74, 6) is -0.801. The molecule has 1 amide bonds. The van der Waals surface area contributed by atoms with Gasteiger partial charge < -0.3 is 9.57 Å². The lowest BCUT2D eigenvalue weighted by Crippen LogP contribution is -2.30. The summed E-state index contributed by atoms with van der Waals surface area (Å²) in [5.41, 5.74) is -0.536. The van der Waals surface area contributed by atoms with E-state index in [0.29, 0.717) is 18.6 Å². The third-order valence-electron chi connectivity index (χ3n) is 5.76. The number of nitrogens with zero attached hydrogens (tertiary/aromatic N) is 4. The highest BCUT2D eigenvalue weighted by atomic mass is 19.4. The second-order valence-corrected chi connectivity index (χ2v) is 11.0. The minimum absolute atomic E-state index is 0.0220. The average molecular weight is 509 g/mol. The maximum atomic E-state index is 13.5. The Morgan fingerprint density at radius 3 is 2.42 bits per heavy atom. The number of oxime groups is 1. The fraction of sp³-hybridized carbons (Fsp3) is 0.577. The van der Waals surface area contributed by atoms with E-state index in [-0.39, 0.29) is 22.6 Å². The van der Waals surface area contributed by atoms with Crippen LogP contribution >= 0.6 is 0 Å². The third kappa shape index (κ3) is 6.87. The maximum Gasteiger partial charge on any atom is 0.416 e. The zero-order chi connectivity index (χ0) is 26.9. The van der Waals surface area contributed by atoms with Gasteiger partial charge in [0, 0.05) is 36.4 Å². The van der Waals surface area contributed by atoms with Crippen molar-refractivity contribution < 1.29 is 27.5 Å². The quantitative estimate of drug-likeness (QED) is 0.411. The van der Waals surface area contributed by atoms with Gasteiger partial charge in [0.2, 0.25) is 0 Å². The lowest BCUT2D eigenvalue weighted by molar-refractivity contribution is -0.137. The smallest absolute Gasteiger partial charge is 0.390 e. The highest BCUT2D eigenvalue weighted by Gasteiger charge is 2.32. The Hall–Kier alpha value is -2.88. The second-order valence-electron chi connectivity index (χ2n) is 11.0. The monoisotopic (exact) mass is 508 g/mol. The molecule has 7 nitrogen and oxygen atoms in total. The summed E-state index contributed by atoms with van der Waals surface area (Å²) in [6.45, 7) is 12.6. The van der Waals surface area contributed by atoms with Crippen LogP contribution in [0.15, 0.2) is 34.4 Å². The molecule has 0 saturated carbocycles. The molecule has 3 rings (SSSR count). The fourth-order valence-electron chi connectivity index (χ4n) is 4.00. The Balaban J connectivity index is 2.11. The van der Waals surface area contributed by atoms with Crippen molar-refractivity contribution in [2.24, 2.45) is 17.2 Å². The van der Waals surface area contributed by atoms with Gasteiger partial charge in [0.25, 0.3) is 5.91 Å². The molecule has 10 heteroatoms. The zero-order valence-corrected chi connectivity index (χ0v) is 21.9. The van der Waals surface area contributed by atoms with Crippen LogP contribution in [0.4, 0.5) is 13.2 Å². The largest absolute Gasteiger partial charge is 0.416 e. The molecule has 0 radical (unpaired) electrons. The molecule has 1 aromatic heterocycles. The van der Waals surface area contributed by atoms with Crippen LogP contribution in [0.1, 0.15) is 81.6 Å². The van der Waals surface area contributed by atoms with Gasteiger partial charge >= 0.3 is 6.18 Å². The number of amides is 1. The van der Waals surface area contributed by atoms with Crippen molar-refractivity contribution >= 4 is 12.1 Å². The molecular weight excluding hydrogens is 473 g/mol. The standard InChI is InChI=1S/C26H35F3N4O3/c1-24(2,3)21-14-22(33(32(21)7)16-19-9-8-12-35-19)31-23(34)20-13-18(26(27,28)29)11-10-17(20)15-30-36-25(4,5)6/h10-11,13-15,19H,8-9,12,16H2,1-7H3/b30-15+,31-22?/t19-/m1/s1. The first-order chi connectivity index (χ1) is 16.6. The van der Waals surface area contributed by atoms with E-state index in [1.807, 2.05) is 37.2 Å². The minimum atomic E-state index is -4.61. The van der Waals surface area contributed by atoms with E-state index in [0.717, 1.165) is 30.7 Å². The van der Waals surface area contributed by atoms with E-state index in [9.17, 15) is 18.0 Å². The predicted molar refractivity (Wildman–Crippen MR) is 131 cm³/mol. The molecule has 2 heterocycles. The Labute approximate surface area is 209 Å². The lowest BCUT2D eigenvalue weighted by atomic mass is 9.92. The molecule has 1 fully saturated rings. The van der Waals surface area contributed by atoms with E-state index < -0.39 is 23.2 Å². The first-order valence-corrected chi connectivity index (χ1v) is 12.0. The van der Waals surface area contributed by atoms with Gasteiger partial charge in [-0.1, -0.05) is 32.0 Å². The molecule has 2 aromatic rings. The van der Waals surface area contributed by atoms with Crippen molar-refractivity contribution in [2.45, 2.75) is 84.2 Å². The number of carbonyl (C=O) groups is 1. The molecule has 1 aliphatic heterocycles. The summed E-state index contributed by atoms with van der Waals surface area (Å²) in [7, 11) is 1.88. The molecule has 1 atom stereocenters. The van der Waals surface area contributed by atoms with Crippen molar-refractivity contribution in [1.82, 2.24) is 9.36 Å². The number of benzene rings is 1. The van der Waals surface area contributed by atoms with Crippen LogP contribution in [0, 0.1) is 0 Å². The normalized spacial score (nSPS) is 17.8. The van der Waals surface area contributed by atoms with Crippen molar-refractivity contribution in [2.75, 3.05) is 6.61 Å². The van der Waals surface area contributed by atoms with Gasteiger partial charge in [0.15, 0.2) is 5.49 Å². The minimum Gasteiger partial charge on any atom is -0.390 e. The molecule has 0 aliphatic carbocycles. The highest BCUT2D eigenvalue weighted by molar-refractivity contribution is 6.03. The first-order valence-electron chi connectivity index (χ1n) is 12.0. The van der Waals surface area contributed by atoms with Crippen LogP contribution in [-0.4, -0.2) is 39.8 Å². The van der Waals surface area contributed by atoms with E-state index in [1.165, 1.54) is 12.3 Å². The summed E-state index contributed by atoms with van der Waals surface area (Å²) in [4.78, 5) is 22.9. The maximum absolute atomic E-state index is 13.5. The summed E-state index contributed by atoms with van der Waals surface area (Å²) in [6.07, 6.45) is -1.56. The molecular formula is C26H35F3N4O3. The number of ether oxygens (including phenoxy) is 1. The van der Waals surface area contributed by atoms with Crippen LogP contribution in [0.3, 0.4) is 0 Å². The number of hydrogen-bond donors (Lipinski definition) is 0. The number of halogens is 3. The summed E-state index contributed by atoms with van der Waals surface area (Å²) in [5, 5.41) is 3.87. The van der Waals surface area contributed by atoms with E-state index >= 15 is 0 Å². The van der Waals surface area contributed by atoms with E-state index in [4.69, 9.17) is 9.57 Å². The van der Waals surface area contributed by atoms with Crippen LogP contribution in [0.2, 0.25) is 0 Å². The lowest BCUT2D eigenvalue weighted by Gasteiger charge is -2.21. The highest BCUT2D eigenvalue weighted by Crippen LogP contribution is 2.31. The summed E-state index contributed by atoms with van der Waals surface area (Å²) >= 11 is 0. The van der Waals surface area contributed by atoms with Crippen LogP contribution in [0.25, 0.3) is 0 Å². The summed E-state index contributed by atoms with van der Waals surface area (Å²) < 4.78 is 49.9. The Morgan fingerprint density at radius 1 is 1.17 bits per heavy atom. The van der Waals surface area contributed by atoms with E-state index in [2.05, 4.69) is 10.1 Å². The SMILES string of the molecule is Cn1c(C(C)(C)C)cc(=NC(=O)c2cc(C(F)(F)F)ccc2/C=N/OC(C)(C)C)n1C[C@H]1CCCO1. The van der Waals surface area contributed by atoms with Crippen LogP contribution in [0.5, 0.6) is 0 Å². The van der Waals surface area contributed by atoms with Gasteiger partial charge in [0.1, 0.15) is 5.60 Å². The number of aromatic nitrogens is 2. The van der Waals surface area contributed by atoms with Gasteiger partial charge in [-0.15, -0.1) is 0 Å². The molecule has 0 unspecified atom stereocenters. The van der Waals surface area contributed by atoms with Crippen LogP contribution in [-0.2, 0) is 34.8 Å². The number of carbonyl (C=O) groups excluding carboxylic acids is 1. The molecule has 1 aliphatic rings. The summed E-state index contributed by atoms with van der Waals surface area (Å²) in [6, 6.07) is 4.72. The topological polar surface area (TPSA) is 70.1 Å². The van der Waals surface area contributed by atoms with E-state index in [1.54, 1.807) is 26.8 Å². The van der Waals surface area contributed by atoms with Gasteiger partial charge in [-0.2, -0.15) is 18.2 Å². The van der Waals surface area contributed by atoms with Gasteiger partial charge in [-0.3, -0.25) is 14.2 Å². The van der Waals surface area contributed by atoms with Crippen LogP contribution < -0.4 is 5.49 Å². The third-order valence-corrected chi connectivity index (χ3v) is 5.76. The van der Waals surface area contributed by atoms with Crippen molar-refractivity contribution in [3.63, 3.8) is 0 Å². The molecule has 0 spiro atoms. The van der Waals surface area contributed by atoms with Gasteiger partial charge in [-0.05, 0) is 45.7 Å². The Morgan fingerprint density at radius 2 is 1.86 bits per heavy atom. The van der Waals surface area contributed by atoms with Crippen molar-refractivity contribution in [3.05, 3.63) is 52.1 Å². The van der Waals surface area contributed by atoms with Gasteiger partial charge in [-0.25, -0.2) is 0 Å².